The Labute approximate surface area is 165 Å². The summed E-state index contributed by atoms with van der Waals surface area (Å²) in [5.74, 6) is 1.70. The second-order valence-electron chi connectivity index (χ2n) is 8.25. The Balaban J connectivity index is 2.15. The number of nitrogens with zero attached hydrogens (tertiary/aromatic N) is 1. The molecule has 2 rings (SSSR count). The summed E-state index contributed by atoms with van der Waals surface area (Å²) in [7, 11) is 0. The summed E-state index contributed by atoms with van der Waals surface area (Å²) in [4.78, 5) is 27.0. The zero-order chi connectivity index (χ0) is 21.1. The molecule has 0 aliphatic carbocycles. The Kier molecular flexibility index (Phi) is 6.83. The number of rotatable bonds is 5. The summed E-state index contributed by atoms with van der Waals surface area (Å²) in [5.41, 5.74) is 6.98. The third kappa shape index (κ3) is 4.90. The van der Waals surface area contributed by atoms with Crippen LogP contribution in [0.3, 0.4) is 0 Å². The maximum atomic E-state index is 12.8. The van der Waals surface area contributed by atoms with E-state index in [1.165, 1.54) is 4.90 Å². The second-order valence-corrected chi connectivity index (χ2v) is 8.25. The highest BCUT2D eigenvalue weighted by atomic mass is 16.3. The lowest BCUT2D eigenvalue weighted by Crippen LogP contribution is -2.55. The van der Waals surface area contributed by atoms with Crippen molar-refractivity contribution in [2.45, 2.75) is 51.4 Å². The van der Waals surface area contributed by atoms with Crippen molar-refractivity contribution in [1.29, 1.82) is 0 Å². The monoisotopic (exact) mass is 387 g/mol. The van der Waals surface area contributed by atoms with Gasteiger partial charge in [0.2, 0.25) is 11.8 Å². The van der Waals surface area contributed by atoms with E-state index in [9.17, 15) is 19.8 Å². The summed E-state index contributed by atoms with van der Waals surface area (Å²) in [6, 6.07) is 4.64. The number of aliphatic hydroxyl groups is 2. The molecule has 1 aliphatic rings. The van der Waals surface area contributed by atoms with Gasteiger partial charge in [-0.2, -0.15) is 0 Å². The number of nitrogens with one attached hydrogen (secondary N) is 1. The standard InChI is InChI=1S/C21H29N3O4/c1-5-13-6-8-14(9-7-13)16(12-25)23-19(27)17-10-15(26)11-24(17)20(28)18(22)21(2,3)4/h1,6-9,15-18,25-26H,10-12,22H2,2-4H3,(H,23,27)/t15-,16+,17+,18?/m1/s1. The highest BCUT2D eigenvalue weighted by Gasteiger charge is 2.43. The first-order valence-electron chi connectivity index (χ1n) is 9.30. The number of hydrogen-bond acceptors (Lipinski definition) is 5. The van der Waals surface area contributed by atoms with Gasteiger partial charge in [-0.15, -0.1) is 6.42 Å². The lowest BCUT2D eigenvalue weighted by molar-refractivity contribution is -0.141. The van der Waals surface area contributed by atoms with Gasteiger partial charge in [0.15, 0.2) is 0 Å². The van der Waals surface area contributed by atoms with E-state index in [0.29, 0.717) is 11.1 Å². The van der Waals surface area contributed by atoms with Gasteiger partial charge < -0.3 is 26.2 Å². The number of aliphatic hydroxyl groups excluding tert-OH is 2. The van der Waals surface area contributed by atoms with Crippen LogP contribution in [-0.2, 0) is 9.59 Å². The normalized spacial score (nSPS) is 21.7. The van der Waals surface area contributed by atoms with Crippen LogP contribution in [0.25, 0.3) is 0 Å². The van der Waals surface area contributed by atoms with Crippen LogP contribution in [0.2, 0.25) is 0 Å². The number of hydrogen-bond donors (Lipinski definition) is 4. The Morgan fingerprint density at radius 3 is 2.46 bits per heavy atom. The van der Waals surface area contributed by atoms with Gasteiger partial charge in [-0.1, -0.05) is 38.8 Å². The lowest BCUT2D eigenvalue weighted by Gasteiger charge is -2.33. The maximum Gasteiger partial charge on any atom is 0.243 e. The fourth-order valence-corrected chi connectivity index (χ4v) is 3.17. The molecule has 1 heterocycles. The number of carbonyl (C=O) groups is 2. The first-order valence-corrected chi connectivity index (χ1v) is 9.30. The van der Waals surface area contributed by atoms with Gasteiger partial charge in [-0.05, 0) is 23.1 Å². The lowest BCUT2D eigenvalue weighted by atomic mass is 9.86. The SMILES string of the molecule is C#Cc1ccc([C@H](CO)NC(=O)[C@@H]2C[C@@H](O)CN2C(=O)C(N)C(C)(C)C)cc1. The molecule has 0 bridgehead atoms. The van der Waals surface area contributed by atoms with E-state index in [1.807, 2.05) is 20.8 Å². The quantitative estimate of drug-likeness (QED) is 0.537. The first kappa shape index (κ1) is 21.9. The van der Waals surface area contributed by atoms with Gasteiger partial charge >= 0.3 is 0 Å². The zero-order valence-electron chi connectivity index (χ0n) is 16.6. The molecule has 5 N–H and O–H groups in total. The summed E-state index contributed by atoms with van der Waals surface area (Å²) in [5, 5.41) is 22.5. The minimum absolute atomic E-state index is 0.0569. The minimum atomic E-state index is -0.838. The van der Waals surface area contributed by atoms with Gasteiger partial charge in [-0.3, -0.25) is 9.59 Å². The molecule has 4 atom stereocenters. The molecule has 2 amide bonds. The zero-order valence-corrected chi connectivity index (χ0v) is 16.6. The molecule has 152 valence electrons. The smallest absolute Gasteiger partial charge is 0.243 e. The Morgan fingerprint density at radius 1 is 1.36 bits per heavy atom. The summed E-state index contributed by atoms with van der Waals surface area (Å²) >= 11 is 0. The predicted molar refractivity (Wildman–Crippen MR) is 106 cm³/mol. The number of amides is 2. The van der Waals surface area contributed by atoms with Crippen LogP contribution in [0.4, 0.5) is 0 Å². The molecule has 7 nitrogen and oxygen atoms in total. The van der Waals surface area contributed by atoms with Crippen molar-refractivity contribution in [3.05, 3.63) is 35.4 Å². The van der Waals surface area contributed by atoms with E-state index in [4.69, 9.17) is 12.2 Å². The second kappa shape index (κ2) is 8.74. The van der Waals surface area contributed by atoms with Crippen LogP contribution in [0.1, 0.15) is 44.4 Å². The first-order chi connectivity index (χ1) is 13.1. The van der Waals surface area contributed by atoms with Crippen molar-refractivity contribution in [3.63, 3.8) is 0 Å². The topological polar surface area (TPSA) is 116 Å². The minimum Gasteiger partial charge on any atom is -0.394 e. The van der Waals surface area contributed by atoms with E-state index in [1.54, 1.807) is 24.3 Å². The molecule has 1 unspecified atom stereocenters. The summed E-state index contributed by atoms with van der Waals surface area (Å²) in [6.07, 6.45) is 4.67. The number of benzene rings is 1. The Bertz CT molecular complexity index is 748. The largest absolute Gasteiger partial charge is 0.394 e. The molecule has 1 fully saturated rings. The third-order valence-corrected chi connectivity index (χ3v) is 5.04. The van der Waals surface area contributed by atoms with Crippen molar-refractivity contribution in [2.75, 3.05) is 13.2 Å². The van der Waals surface area contributed by atoms with Gasteiger partial charge in [0.25, 0.3) is 0 Å². The number of nitrogens with two attached hydrogens (primary N) is 1. The number of carbonyl (C=O) groups excluding carboxylic acids is 2. The molecule has 1 saturated heterocycles. The molecule has 7 heteroatoms. The number of β-amino-alcohol motifs (C(OH)–C–C–N with tert-alkyl or cyclic N) is 1. The third-order valence-electron chi connectivity index (χ3n) is 5.04. The van der Waals surface area contributed by atoms with Crippen LogP contribution in [0.15, 0.2) is 24.3 Å². The fraction of sp³-hybridized carbons (Fsp3) is 0.524. The van der Waals surface area contributed by atoms with E-state index >= 15 is 0 Å². The van der Waals surface area contributed by atoms with Crippen molar-refractivity contribution < 1.29 is 19.8 Å². The van der Waals surface area contributed by atoms with Crippen molar-refractivity contribution in [2.24, 2.45) is 11.1 Å². The van der Waals surface area contributed by atoms with Crippen LogP contribution >= 0.6 is 0 Å². The predicted octanol–water partition coefficient (Wildman–Crippen LogP) is 0.153. The molecular weight excluding hydrogens is 358 g/mol. The van der Waals surface area contributed by atoms with E-state index in [2.05, 4.69) is 11.2 Å². The molecule has 0 aromatic heterocycles. The fourth-order valence-electron chi connectivity index (χ4n) is 3.17. The summed E-state index contributed by atoms with van der Waals surface area (Å²) in [6.45, 7) is 5.28. The average molecular weight is 387 g/mol. The van der Waals surface area contributed by atoms with E-state index < -0.39 is 35.6 Å². The molecule has 1 aromatic rings. The highest BCUT2D eigenvalue weighted by Crippen LogP contribution is 2.25. The van der Waals surface area contributed by atoms with Crippen LogP contribution in [-0.4, -0.2) is 58.3 Å². The van der Waals surface area contributed by atoms with Crippen LogP contribution in [0.5, 0.6) is 0 Å². The van der Waals surface area contributed by atoms with Crippen molar-refractivity contribution >= 4 is 11.8 Å². The Hall–Kier alpha value is -2.40. The Morgan fingerprint density at radius 2 is 1.96 bits per heavy atom. The molecule has 0 saturated carbocycles. The van der Waals surface area contributed by atoms with Gasteiger partial charge in [0.05, 0.1) is 24.8 Å². The van der Waals surface area contributed by atoms with Crippen molar-refractivity contribution in [3.8, 4) is 12.3 Å². The maximum absolute atomic E-state index is 12.8. The van der Waals surface area contributed by atoms with E-state index in [-0.39, 0.29) is 25.5 Å². The molecule has 28 heavy (non-hydrogen) atoms. The number of likely N-dealkylation sites (tertiary alicyclic amines) is 1. The van der Waals surface area contributed by atoms with Gasteiger partial charge in [0, 0.05) is 18.5 Å². The molecular formula is C21H29N3O4. The molecule has 1 aliphatic heterocycles. The highest BCUT2D eigenvalue weighted by molar-refractivity contribution is 5.91. The average Bonchev–Trinajstić information content (AvgIpc) is 3.06. The molecule has 0 radical (unpaired) electrons. The van der Waals surface area contributed by atoms with Gasteiger partial charge in [-0.25, -0.2) is 0 Å². The van der Waals surface area contributed by atoms with E-state index in [0.717, 1.165) is 0 Å². The van der Waals surface area contributed by atoms with Crippen LogP contribution < -0.4 is 11.1 Å². The van der Waals surface area contributed by atoms with Gasteiger partial charge in [0.1, 0.15) is 6.04 Å². The van der Waals surface area contributed by atoms with Crippen molar-refractivity contribution in [1.82, 2.24) is 10.2 Å². The summed E-state index contributed by atoms with van der Waals surface area (Å²) < 4.78 is 0. The molecule has 1 aromatic carbocycles. The molecule has 0 spiro atoms. The number of terminal acetylenes is 1. The van der Waals surface area contributed by atoms with Crippen LogP contribution in [0, 0.1) is 17.8 Å².